The monoisotopic (exact) mass is 330 g/mol. The number of hydrogen-bond donors (Lipinski definition) is 1. The highest BCUT2D eigenvalue weighted by Gasteiger charge is 2.39. The van der Waals surface area contributed by atoms with Gasteiger partial charge in [-0.15, -0.1) is 11.3 Å². The van der Waals surface area contributed by atoms with Gasteiger partial charge in [0, 0.05) is 28.9 Å². The SMILES string of the molecule is CCCNCc1cc(S(=O)(=O)N2C(C)CCC2CC)cs1. The molecule has 1 fully saturated rings. The van der Waals surface area contributed by atoms with E-state index in [2.05, 4.69) is 19.2 Å². The van der Waals surface area contributed by atoms with Gasteiger partial charge in [0.15, 0.2) is 0 Å². The average Bonchev–Trinajstić information content (AvgIpc) is 3.06. The molecule has 0 bridgehead atoms. The summed E-state index contributed by atoms with van der Waals surface area (Å²) in [7, 11) is -3.34. The second kappa shape index (κ2) is 7.22. The largest absolute Gasteiger partial charge is 0.312 e. The van der Waals surface area contributed by atoms with Gasteiger partial charge in [-0.2, -0.15) is 4.31 Å². The van der Waals surface area contributed by atoms with Crippen LogP contribution in [0.25, 0.3) is 0 Å². The second-order valence-electron chi connectivity index (χ2n) is 5.75. The van der Waals surface area contributed by atoms with E-state index < -0.39 is 10.0 Å². The Balaban J connectivity index is 2.15. The first-order valence-electron chi connectivity index (χ1n) is 7.82. The van der Waals surface area contributed by atoms with Crippen molar-refractivity contribution >= 4 is 21.4 Å². The number of thiophene rings is 1. The highest BCUT2D eigenvalue weighted by atomic mass is 32.2. The molecule has 1 aliphatic heterocycles. The molecule has 1 saturated heterocycles. The molecule has 4 nitrogen and oxygen atoms in total. The van der Waals surface area contributed by atoms with Gasteiger partial charge in [-0.1, -0.05) is 13.8 Å². The van der Waals surface area contributed by atoms with Gasteiger partial charge in [0.25, 0.3) is 0 Å². The molecule has 21 heavy (non-hydrogen) atoms. The highest BCUT2D eigenvalue weighted by molar-refractivity contribution is 7.89. The van der Waals surface area contributed by atoms with Gasteiger partial charge in [-0.25, -0.2) is 8.42 Å². The van der Waals surface area contributed by atoms with E-state index in [1.54, 1.807) is 9.69 Å². The third-order valence-electron chi connectivity index (χ3n) is 4.11. The van der Waals surface area contributed by atoms with Crippen LogP contribution in [0.15, 0.2) is 16.3 Å². The molecule has 2 unspecified atom stereocenters. The van der Waals surface area contributed by atoms with Crippen LogP contribution in [0.4, 0.5) is 0 Å². The van der Waals surface area contributed by atoms with Crippen molar-refractivity contribution in [2.75, 3.05) is 6.54 Å². The molecule has 0 amide bonds. The van der Waals surface area contributed by atoms with Crippen molar-refractivity contribution in [1.29, 1.82) is 0 Å². The molecule has 2 heterocycles. The van der Waals surface area contributed by atoms with Gasteiger partial charge >= 0.3 is 0 Å². The Kier molecular flexibility index (Phi) is 5.82. The number of sulfonamides is 1. The van der Waals surface area contributed by atoms with Crippen molar-refractivity contribution in [3.8, 4) is 0 Å². The van der Waals surface area contributed by atoms with Crippen molar-refractivity contribution < 1.29 is 8.42 Å². The fraction of sp³-hybridized carbons (Fsp3) is 0.733. The lowest BCUT2D eigenvalue weighted by atomic mass is 10.2. The Morgan fingerprint density at radius 1 is 1.38 bits per heavy atom. The average molecular weight is 331 g/mol. The summed E-state index contributed by atoms with van der Waals surface area (Å²) in [6.07, 6.45) is 3.91. The summed E-state index contributed by atoms with van der Waals surface area (Å²) in [5, 5.41) is 5.10. The Bertz CT molecular complexity index is 554. The van der Waals surface area contributed by atoms with Crippen LogP contribution in [0.3, 0.4) is 0 Å². The standard InChI is InChI=1S/C15H26N2O2S2/c1-4-8-16-10-14-9-15(11-20-14)21(18,19)17-12(3)6-7-13(17)5-2/h9,11-13,16H,4-8,10H2,1-3H3. The molecule has 0 radical (unpaired) electrons. The Morgan fingerprint density at radius 3 is 2.81 bits per heavy atom. The summed E-state index contributed by atoms with van der Waals surface area (Å²) in [6.45, 7) is 7.92. The fourth-order valence-electron chi connectivity index (χ4n) is 2.96. The second-order valence-corrected chi connectivity index (χ2v) is 8.59. The molecule has 1 aromatic rings. The normalized spacial score (nSPS) is 23.8. The zero-order valence-electron chi connectivity index (χ0n) is 13.1. The molecule has 0 aliphatic carbocycles. The molecule has 1 aromatic heterocycles. The molecule has 2 rings (SSSR count). The minimum atomic E-state index is -3.34. The quantitative estimate of drug-likeness (QED) is 0.781. The molecule has 1 N–H and O–H groups in total. The lowest BCUT2D eigenvalue weighted by molar-refractivity contribution is 0.329. The van der Waals surface area contributed by atoms with Crippen LogP contribution in [0.5, 0.6) is 0 Å². The van der Waals surface area contributed by atoms with E-state index in [0.717, 1.165) is 43.6 Å². The first-order valence-corrected chi connectivity index (χ1v) is 10.1. The molecule has 0 saturated carbocycles. The summed E-state index contributed by atoms with van der Waals surface area (Å²) >= 11 is 1.53. The number of nitrogens with one attached hydrogen (secondary N) is 1. The van der Waals surface area contributed by atoms with Crippen LogP contribution in [-0.4, -0.2) is 31.4 Å². The van der Waals surface area contributed by atoms with E-state index in [1.807, 2.05) is 13.0 Å². The number of rotatable bonds is 7. The minimum Gasteiger partial charge on any atom is -0.312 e. The third kappa shape index (κ3) is 3.67. The van der Waals surface area contributed by atoms with Gasteiger partial charge < -0.3 is 5.32 Å². The maximum atomic E-state index is 12.9. The molecule has 2 atom stereocenters. The molecule has 1 aliphatic rings. The van der Waals surface area contributed by atoms with Gasteiger partial charge in [-0.05, 0) is 45.2 Å². The van der Waals surface area contributed by atoms with Crippen LogP contribution < -0.4 is 5.32 Å². The third-order valence-corrected chi connectivity index (χ3v) is 7.24. The summed E-state index contributed by atoms with van der Waals surface area (Å²) in [5.41, 5.74) is 0. The van der Waals surface area contributed by atoms with Crippen LogP contribution in [-0.2, 0) is 16.6 Å². The van der Waals surface area contributed by atoms with Crippen molar-refractivity contribution in [3.05, 3.63) is 16.3 Å². The Morgan fingerprint density at radius 2 is 2.14 bits per heavy atom. The smallest absolute Gasteiger partial charge is 0.244 e. The Labute approximate surface area is 132 Å². The maximum absolute atomic E-state index is 12.9. The van der Waals surface area contributed by atoms with Crippen molar-refractivity contribution in [3.63, 3.8) is 0 Å². The van der Waals surface area contributed by atoms with E-state index in [1.165, 1.54) is 11.3 Å². The van der Waals surface area contributed by atoms with Crippen molar-refractivity contribution in [1.82, 2.24) is 9.62 Å². The molecule has 120 valence electrons. The molecular weight excluding hydrogens is 304 g/mol. The maximum Gasteiger partial charge on any atom is 0.244 e. The van der Waals surface area contributed by atoms with E-state index in [0.29, 0.717) is 4.90 Å². The summed E-state index contributed by atoms with van der Waals surface area (Å²) in [6, 6.07) is 2.11. The van der Waals surface area contributed by atoms with Gasteiger partial charge in [-0.3, -0.25) is 0 Å². The summed E-state index contributed by atoms with van der Waals surface area (Å²) < 4.78 is 27.5. The van der Waals surface area contributed by atoms with Crippen LogP contribution in [0.2, 0.25) is 0 Å². The van der Waals surface area contributed by atoms with Gasteiger partial charge in [0.05, 0.1) is 4.90 Å². The molecular formula is C15H26N2O2S2. The summed E-state index contributed by atoms with van der Waals surface area (Å²) in [5.74, 6) is 0. The minimum absolute atomic E-state index is 0.113. The van der Waals surface area contributed by atoms with E-state index in [-0.39, 0.29) is 12.1 Å². The lowest BCUT2D eigenvalue weighted by Gasteiger charge is -2.26. The topological polar surface area (TPSA) is 49.4 Å². The number of nitrogens with zero attached hydrogens (tertiary/aromatic N) is 1. The van der Waals surface area contributed by atoms with Crippen LogP contribution in [0, 0.1) is 0 Å². The zero-order valence-corrected chi connectivity index (χ0v) is 14.8. The van der Waals surface area contributed by atoms with E-state index in [9.17, 15) is 8.42 Å². The predicted molar refractivity (Wildman–Crippen MR) is 88.1 cm³/mol. The van der Waals surface area contributed by atoms with Gasteiger partial charge in [0.2, 0.25) is 10.0 Å². The van der Waals surface area contributed by atoms with E-state index >= 15 is 0 Å². The lowest BCUT2D eigenvalue weighted by Crippen LogP contribution is -2.39. The van der Waals surface area contributed by atoms with Crippen LogP contribution in [0.1, 0.15) is 51.3 Å². The first kappa shape index (κ1) is 16.9. The molecule has 0 spiro atoms. The predicted octanol–water partition coefficient (Wildman–Crippen LogP) is 3.20. The van der Waals surface area contributed by atoms with Crippen molar-refractivity contribution in [2.45, 2.75) is 70.0 Å². The first-order chi connectivity index (χ1) is 10.0. The molecule has 6 heteroatoms. The highest BCUT2D eigenvalue weighted by Crippen LogP contribution is 2.33. The molecule has 0 aromatic carbocycles. The summed E-state index contributed by atoms with van der Waals surface area (Å²) in [4.78, 5) is 1.55. The van der Waals surface area contributed by atoms with E-state index in [4.69, 9.17) is 0 Å². The fourth-order valence-corrected chi connectivity index (χ4v) is 6.15. The van der Waals surface area contributed by atoms with Gasteiger partial charge in [0.1, 0.15) is 0 Å². The van der Waals surface area contributed by atoms with Crippen LogP contribution >= 0.6 is 11.3 Å². The zero-order chi connectivity index (χ0) is 15.5. The number of hydrogen-bond acceptors (Lipinski definition) is 4. The Hall–Kier alpha value is -0.430. The van der Waals surface area contributed by atoms with Crippen molar-refractivity contribution in [2.24, 2.45) is 0 Å².